The van der Waals surface area contributed by atoms with Gasteiger partial charge in [0, 0.05) is 6.54 Å². The molecule has 1 unspecified atom stereocenters. The van der Waals surface area contributed by atoms with Crippen molar-refractivity contribution >= 4 is 0 Å². The number of aliphatic hydroxyl groups is 1. The molecular formula is C16H18FNO. The smallest absolute Gasteiger partial charge is 0.123 e. The predicted octanol–water partition coefficient (Wildman–Crippen LogP) is 2.69. The van der Waals surface area contributed by atoms with E-state index in [0.717, 1.165) is 18.5 Å². The topological polar surface area (TPSA) is 32.3 Å². The Balaban J connectivity index is 1.72. The Bertz CT molecular complexity index is 484. The minimum atomic E-state index is -0.601. The van der Waals surface area contributed by atoms with Crippen molar-refractivity contribution in [2.45, 2.75) is 12.5 Å². The molecule has 0 aliphatic carbocycles. The summed E-state index contributed by atoms with van der Waals surface area (Å²) in [6.45, 7) is 1.28. The molecule has 2 aromatic carbocycles. The van der Waals surface area contributed by atoms with E-state index in [1.165, 1.54) is 17.7 Å². The Morgan fingerprint density at radius 3 is 2.37 bits per heavy atom. The van der Waals surface area contributed by atoms with Crippen LogP contribution in [0.5, 0.6) is 0 Å². The molecule has 3 heteroatoms. The van der Waals surface area contributed by atoms with Crippen LogP contribution in [0.4, 0.5) is 4.39 Å². The van der Waals surface area contributed by atoms with Gasteiger partial charge in [0.2, 0.25) is 0 Å². The summed E-state index contributed by atoms with van der Waals surface area (Å²) in [6.07, 6.45) is 0.327. The summed E-state index contributed by atoms with van der Waals surface area (Å²) < 4.78 is 12.7. The fourth-order valence-corrected chi connectivity index (χ4v) is 1.92. The van der Waals surface area contributed by atoms with Crippen LogP contribution in [-0.2, 0) is 6.42 Å². The van der Waals surface area contributed by atoms with Gasteiger partial charge < -0.3 is 10.4 Å². The number of rotatable bonds is 6. The summed E-state index contributed by atoms with van der Waals surface area (Å²) in [5.74, 6) is -0.284. The van der Waals surface area contributed by atoms with Crippen molar-refractivity contribution in [1.82, 2.24) is 5.32 Å². The zero-order valence-electron chi connectivity index (χ0n) is 10.7. The molecular weight excluding hydrogens is 241 g/mol. The monoisotopic (exact) mass is 259 g/mol. The SMILES string of the molecule is OC(CNCCc1ccccc1)c1ccc(F)cc1. The molecule has 100 valence electrons. The molecule has 0 bridgehead atoms. The first-order chi connectivity index (χ1) is 9.25. The average molecular weight is 259 g/mol. The Kier molecular flexibility index (Phi) is 5.07. The van der Waals surface area contributed by atoms with Gasteiger partial charge in [0.15, 0.2) is 0 Å². The second-order valence-electron chi connectivity index (χ2n) is 4.51. The Hall–Kier alpha value is -1.71. The van der Waals surface area contributed by atoms with E-state index < -0.39 is 6.10 Å². The van der Waals surface area contributed by atoms with Crippen LogP contribution >= 0.6 is 0 Å². The number of benzene rings is 2. The normalized spacial score (nSPS) is 12.3. The van der Waals surface area contributed by atoms with Crippen LogP contribution in [0.15, 0.2) is 54.6 Å². The van der Waals surface area contributed by atoms with Gasteiger partial charge in [0.05, 0.1) is 6.10 Å². The van der Waals surface area contributed by atoms with Gasteiger partial charge in [-0.3, -0.25) is 0 Å². The third-order valence-corrected chi connectivity index (χ3v) is 3.03. The van der Waals surface area contributed by atoms with Gasteiger partial charge in [-0.05, 0) is 36.2 Å². The van der Waals surface area contributed by atoms with Crippen molar-refractivity contribution in [3.05, 3.63) is 71.5 Å². The minimum Gasteiger partial charge on any atom is -0.387 e. The molecule has 2 rings (SSSR count). The molecule has 0 amide bonds. The van der Waals surface area contributed by atoms with E-state index in [4.69, 9.17) is 0 Å². The second kappa shape index (κ2) is 7.02. The summed E-state index contributed by atoms with van der Waals surface area (Å²) in [7, 11) is 0. The quantitative estimate of drug-likeness (QED) is 0.782. The van der Waals surface area contributed by atoms with Crippen molar-refractivity contribution in [1.29, 1.82) is 0 Å². The van der Waals surface area contributed by atoms with Gasteiger partial charge in [-0.15, -0.1) is 0 Å². The van der Waals surface area contributed by atoms with Crippen LogP contribution in [0.2, 0.25) is 0 Å². The van der Waals surface area contributed by atoms with Crippen LogP contribution in [0.25, 0.3) is 0 Å². The highest BCUT2D eigenvalue weighted by molar-refractivity contribution is 5.19. The third kappa shape index (κ3) is 4.47. The van der Waals surface area contributed by atoms with Gasteiger partial charge in [0.1, 0.15) is 5.82 Å². The van der Waals surface area contributed by atoms with Gasteiger partial charge >= 0.3 is 0 Å². The van der Waals surface area contributed by atoms with Crippen LogP contribution in [0.3, 0.4) is 0 Å². The number of aliphatic hydroxyl groups excluding tert-OH is 1. The lowest BCUT2D eigenvalue weighted by Crippen LogP contribution is -2.23. The minimum absolute atomic E-state index is 0.284. The molecule has 0 spiro atoms. The van der Waals surface area contributed by atoms with Crippen molar-refractivity contribution in [3.8, 4) is 0 Å². The zero-order chi connectivity index (χ0) is 13.5. The maximum atomic E-state index is 12.7. The maximum absolute atomic E-state index is 12.7. The number of halogens is 1. The van der Waals surface area contributed by atoms with E-state index in [1.807, 2.05) is 18.2 Å². The van der Waals surface area contributed by atoms with Gasteiger partial charge in [0.25, 0.3) is 0 Å². The molecule has 0 aliphatic heterocycles. The molecule has 2 aromatic rings. The first-order valence-corrected chi connectivity index (χ1v) is 6.44. The van der Waals surface area contributed by atoms with Gasteiger partial charge in [-0.2, -0.15) is 0 Å². The summed E-state index contributed by atoms with van der Waals surface area (Å²) in [4.78, 5) is 0. The summed E-state index contributed by atoms with van der Waals surface area (Å²) in [5.41, 5.74) is 2.00. The van der Waals surface area contributed by atoms with E-state index in [1.54, 1.807) is 12.1 Å². The van der Waals surface area contributed by atoms with E-state index in [0.29, 0.717) is 6.54 Å². The Morgan fingerprint density at radius 2 is 1.68 bits per heavy atom. The first-order valence-electron chi connectivity index (χ1n) is 6.44. The Labute approximate surface area is 112 Å². The lowest BCUT2D eigenvalue weighted by atomic mass is 10.1. The van der Waals surface area contributed by atoms with E-state index in [9.17, 15) is 9.50 Å². The molecule has 0 aromatic heterocycles. The zero-order valence-corrected chi connectivity index (χ0v) is 10.7. The van der Waals surface area contributed by atoms with E-state index >= 15 is 0 Å². The summed E-state index contributed by atoms with van der Waals surface area (Å²) in [5, 5.41) is 13.1. The summed E-state index contributed by atoms with van der Waals surface area (Å²) in [6, 6.07) is 16.1. The second-order valence-corrected chi connectivity index (χ2v) is 4.51. The molecule has 0 saturated heterocycles. The number of hydrogen-bond acceptors (Lipinski definition) is 2. The molecule has 0 fully saturated rings. The van der Waals surface area contributed by atoms with E-state index in [2.05, 4.69) is 17.4 Å². The van der Waals surface area contributed by atoms with Crippen LogP contribution in [0.1, 0.15) is 17.2 Å². The molecule has 0 aliphatic rings. The number of hydrogen-bond donors (Lipinski definition) is 2. The largest absolute Gasteiger partial charge is 0.387 e. The molecule has 0 radical (unpaired) electrons. The van der Waals surface area contributed by atoms with Crippen molar-refractivity contribution < 1.29 is 9.50 Å². The molecule has 2 nitrogen and oxygen atoms in total. The van der Waals surface area contributed by atoms with Crippen LogP contribution < -0.4 is 5.32 Å². The molecule has 0 saturated carbocycles. The predicted molar refractivity (Wildman–Crippen MR) is 74.4 cm³/mol. The van der Waals surface area contributed by atoms with E-state index in [-0.39, 0.29) is 5.82 Å². The third-order valence-electron chi connectivity index (χ3n) is 3.03. The van der Waals surface area contributed by atoms with Crippen molar-refractivity contribution in [2.75, 3.05) is 13.1 Å². The molecule has 0 heterocycles. The lowest BCUT2D eigenvalue weighted by Gasteiger charge is -2.12. The van der Waals surface area contributed by atoms with Crippen molar-refractivity contribution in [2.24, 2.45) is 0 Å². The van der Waals surface area contributed by atoms with Crippen LogP contribution in [0, 0.1) is 5.82 Å². The highest BCUT2D eigenvalue weighted by Crippen LogP contribution is 2.12. The van der Waals surface area contributed by atoms with Gasteiger partial charge in [-0.25, -0.2) is 4.39 Å². The standard InChI is InChI=1S/C16H18FNO/c17-15-8-6-14(7-9-15)16(19)12-18-11-10-13-4-2-1-3-5-13/h1-9,16,18-19H,10-12H2. The van der Waals surface area contributed by atoms with Crippen LogP contribution in [-0.4, -0.2) is 18.2 Å². The number of nitrogens with one attached hydrogen (secondary N) is 1. The fourth-order valence-electron chi connectivity index (χ4n) is 1.92. The average Bonchev–Trinajstić information content (AvgIpc) is 2.45. The highest BCUT2D eigenvalue weighted by atomic mass is 19.1. The first kappa shape index (κ1) is 13.7. The molecule has 1 atom stereocenters. The Morgan fingerprint density at radius 1 is 1.00 bits per heavy atom. The lowest BCUT2D eigenvalue weighted by molar-refractivity contribution is 0.175. The maximum Gasteiger partial charge on any atom is 0.123 e. The molecule has 19 heavy (non-hydrogen) atoms. The van der Waals surface area contributed by atoms with Gasteiger partial charge in [-0.1, -0.05) is 42.5 Å². The highest BCUT2D eigenvalue weighted by Gasteiger charge is 2.06. The molecule has 2 N–H and O–H groups in total. The van der Waals surface area contributed by atoms with Crippen molar-refractivity contribution in [3.63, 3.8) is 0 Å². The fraction of sp³-hybridized carbons (Fsp3) is 0.250. The summed E-state index contributed by atoms with van der Waals surface area (Å²) >= 11 is 0.